The van der Waals surface area contributed by atoms with Gasteiger partial charge in [0.15, 0.2) is 0 Å². The number of rotatable bonds is 2. The summed E-state index contributed by atoms with van der Waals surface area (Å²) < 4.78 is 0. The molecule has 2 aromatic heterocycles. The van der Waals surface area contributed by atoms with Gasteiger partial charge < -0.3 is 5.32 Å². The second-order valence-electron chi connectivity index (χ2n) is 4.99. The molecule has 1 aromatic carbocycles. The number of hydrogen-bond donors (Lipinski definition) is 1. The van der Waals surface area contributed by atoms with Crippen molar-refractivity contribution in [2.75, 3.05) is 10.2 Å². The largest absolute Gasteiger partial charge is 0.360 e. The first-order valence-electron chi connectivity index (χ1n) is 6.97. The topological polar surface area (TPSA) is 45.2 Å². The molecule has 0 saturated heterocycles. The highest BCUT2D eigenvalue weighted by molar-refractivity contribution is 7.10. The van der Waals surface area contributed by atoms with E-state index in [2.05, 4.69) is 10.3 Å². The number of carbonyl (C=O) groups is 1. The molecule has 0 radical (unpaired) electrons. The molecule has 0 bridgehead atoms. The highest BCUT2D eigenvalue weighted by atomic mass is 32.1. The van der Waals surface area contributed by atoms with Gasteiger partial charge in [-0.15, -0.1) is 11.3 Å². The van der Waals surface area contributed by atoms with Crippen molar-refractivity contribution < 1.29 is 4.79 Å². The molecule has 3 aromatic rings. The van der Waals surface area contributed by atoms with E-state index in [-0.39, 0.29) is 12.1 Å². The Kier molecular flexibility index (Phi) is 3.12. The molecule has 0 spiro atoms. The number of aromatic nitrogens is 1. The Morgan fingerprint density at radius 3 is 2.64 bits per heavy atom. The Morgan fingerprint density at radius 1 is 1.05 bits per heavy atom. The number of nitrogens with one attached hydrogen (secondary N) is 1. The van der Waals surface area contributed by atoms with Crippen LogP contribution in [0.2, 0.25) is 0 Å². The van der Waals surface area contributed by atoms with Crippen LogP contribution < -0.4 is 10.2 Å². The summed E-state index contributed by atoms with van der Waals surface area (Å²) in [4.78, 5) is 19.9. The van der Waals surface area contributed by atoms with Crippen molar-refractivity contribution in [2.45, 2.75) is 6.17 Å². The third kappa shape index (κ3) is 2.07. The first kappa shape index (κ1) is 13.0. The van der Waals surface area contributed by atoms with Crippen molar-refractivity contribution in [3.05, 3.63) is 76.7 Å². The molecule has 0 fully saturated rings. The summed E-state index contributed by atoms with van der Waals surface area (Å²) >= 11 is 1.63. The zero-order valence-electron chi connectivity index (χ0n) is 11.6. The number of para-hydroxylation sites is 1. The number of nitrogens with zero attached hydrogens (tertiary/aromatic N) is 2. The van der Waals surface area contributed by atoms with E-state index in [1.165, 1.54) is 0 Å². The van der Waals surface area contributed by atoms with E-state index in [1.54, 1.807) is 28.6 Å². The number of pyridine rings is 1. The number of fused-ring (bicyclic) bond motifs is 1. The Bertz CT molecular complexity index is 802. The number of hydrogen-bond acceptors (Lipinski definition) is 4. The van der Waals surface area contributed by atoms with Crippen LogP contribution in [0.4, 0.5) is 11.4 Å². The van der Waals surface area contributed by atoms with Crippen LogP contribution in [0.5, 0.6) is 0 Å². The standard InChI is InChI=1S/C17H13N3OS/c21-17-13-4-1-2-5-14(13)19-16(15-6-3-11-22-15)20(17)12-7-9-18-10-8-12/h1-11,16,19H. The van der Waals surface area contributed by atoms with Gasteiger partial charge in [0.05, 0.1) is 5.56 Å². The van der Waals surface area contributed by atoms with Crippen LogP contribution in [0.15, 0.2) is 66.3 Å². The molecular weight excluding hydrogens is 294 g/mol. The summed E-state index contributed by atoms with van der Waals surface area (Å²) in [5.41, 5.74) is 2.39. The smallest absolute Gasteiger partial charge is 0.262 e. The number of amides is 1. The Labute approximate surface area is 132 Å². The van der Waals surface area contributed by atoms with Gasteiger partial charge >= 0.3 is 0 Å². The lowest BCUT2D eigenvalue weighted by atomic mass is 10.1. The fourth-order valence-electron chi connectivity index (χ4n) is 2.67. The van der Waals surface area contributed by atoms with Gasteiger partial charge in [-0.1, -0.05) is 18.2 Å². The third-order valence-corrected chi connectivity index (χ3v) is 4.60. The highest BCUT2D eigenvalue weighted by Gasteiger charge is 2.34. The molecule has 1 aliphatic heterocycles. The molecule has 0 aliphatic carbocycles. The lowest BCUT2D eigenvalue weighted by Crippen LogP contribution is -2.42. The maximum absolute atomic E-state index is 13.0. The minimum Gasteiger partial charge on any atom is -0.360 e. The van der Waals surface area contributed by atoms with Crippen molar-refractivity contribution in [1.82, 2.24) is 4.98 Å². The van der Waals surface area contributed by atoms with E-state index in [4.69, 9.17) is 0 Å². The van der Waals surface area contributed by atoms with E-state index in [0.717, 1.165) is 16.3 Å². The zero-order chi connectivity index (χ0) is 14.9. The number of thiophene rings is 1. The molecule has 4 nitrogen and oxygen atoms in total. The van der Waals surface area contributed by atoms with Gasteiger partial charge in [0.25, 0.3) is 5.91 Å². The maximum Gasteiger partial charge on any atom is 0.262 e. The predicted octanol–water partition coefficient (Wildman–Crippen LogP) is 3.91. The van der Waals surface area contributed by atoms with E-state index in [9.17, 15) is 4.79 Å². The summed E-state index contributed by atoms with van der Waals surface area (Å²) in [6.07, 6.45) is 3.20. The average molecular weight is 307 g/mol. The molecule has 4 rings (SSSR count). The van der Waals surface area contributed by atoms with Gasteiger partial charge in [-0.2, -0.15) is 0 Å². The number of benzene rings is 1. The van der Waals surface area contributed by atoms with Crippen molar-refractivity contribution in [3.63, 3.8) is 0 Å². The van der Waals surface area contributed by atoms with Crippen LogP contribution >= 0.6 is 11.3 Å². The summed E-state index contributed by atoms with van der Waals surface area (Å²) in [5, 5.41) is 5.49. The molecule has 3 heterocycles. The van der Waals surface area contributed by atoms with Crippen LogP contribution in [0.25, 0.3) is 0 Å². The lowest BCUT2D eigenvalue weighted by Gasteiger charge is -2.37. The van der Waals surface area contributed by atoms with Gasteiger partial charge in [-0.3, -0.25) is 14.7 Å². The third-order valence-electron chi connectivity index (χ3n) is 3.68. The van der Waals surface area contributed by atoms with Crippen LogP contribution in [-0.2, 0) is 0 Å². The Hall–Kier alpha value is -2.66. The van der Waals surface area contributed by atoms with E-state index in [0.29, 0.717) is 5.56 Å². The van der Waals surface area contributed by atoms with Gasteiger partial charge in [-0.25, -0.2) is 0 Å². The summed E-state index contributed by atoms with van der Waals surface area (Å²) in [7, 11) is 0. The minimum absolute atomic E-state index is 0.000972. The highest BCUT2D eigenvalue weighted by Crippen LogP contribution is 2.37. The van der Waals surface area contributed by atoms with Crippen molar-refractivity contribution in [1.29, 1.82) is 0 Å². The van der Waals surface area contributed by atoms with E-state index < -0.39 is 0 Å². The van der Waals surface area contributed by atoms with Crippen LogP contribution in [0.1, 0.15) is 21.4 Å². The van der Waals surface area contributed by atoms with E-state index >= 15 is 0 Å². The molecule has 1 amide bonds. The lowest BCUT2D eigenvalue weighted by molar-refractivity contribution is 0.0975. The minimum atomic E-state index is -0.204. The number of carbonyl (C=O) groups excluding carboxylic acids is 1. The second-order valence-corrected chi connectivity index (χ2v) is 5.97. The van der Waals surface area contributed by atoms with Crippen LogP contribution in [-0.4, -0.2) is 10.9 Å². The normalized spacial score (nSPS) is 17.0. The average Bonchev–Trinajstić information content (AvgIpc) is 3.10. The molecule has 22 heavy (non-hydrogen) atoms. The van der Waals surface area contributed by atoms with E-state index in [1.807, 2.05) is 53.9 Å². The van der Waals surface area contributed by atoms with Gasteiger partial charge in [0, 0.05) is 28.6 Å². The fourth-order valence-corrected chi connectivity index (χ4v) is 3.44. The monoisotopic (exact) mass is 307 g/mol. The first-order chi connectivity index (χ1) is 10.8. The first-order valence-corrected chi connectivity index (χ1v) is 7.85. The molecular formula is C17H13N3OS. The van der Waals surface area contributed by atoms with Crippen molar-refractivity contribution >= 4 is 28.6 Å². The maximum atomic E-state index is 13.0. The van der Waals surface area contributed by atoms with Crippen molar-refractivity contribution in [2.24, 2.45) is 0 Å². The molecule has 1 unspecified atom stereocenters. The summed E-state index contributed by atoms with van der Waals surface area (Å²) in [5.74, 6) is -0.000972. The molecule has 1 aliphatic rings. The molecule has 0 saturated carbocycles. The van der Waals surface area contributed by atoms with Gasteiger partial charge in [0.1, 0.15) is 6.17 Å². The quantitative estimate of drug-likeness (QED) is 0.780. The predicted molar refractivity (Wildman–Crippen MR) is 88.2 cm³/mol. The summed E-state index contributed by atoms with van der Waals surface area (Å²) in [6.45, 7) is 0. The Balaban J connectivity index is 1.87. The molecule has 1 atom stereocenters. The molecule has 1 N–H and O–H groups in total. The second kappa shape index (κ2) is 5.27. The molecule has 108 valence electrons. The molecule has 5 heteroatoms. The summed E-state index contributed by atoms with van der Waals surface area (Å²) in [6, 6.07) is 15.4. The fraction of sp³-hybridized carbons (Fsp3) is 0.0588. The Morgan fingerprint density at radius 2 is 1.86 bits per heavy atom. The van der Waals surface area contributed by atoms with Crippen LogP contribution in [0, 0.1) is 0 Å². The zero-order valence-corrected chi connectivity index (χ0v) is 12.5. The van der Waals surface area contributed by atoms with Crippen LogP contribution in [0.3, 0.4) is 0 Å². The van der Waals surface area contributed by atoms with Crippen molar-refractivity contribution in [3.8, 4) is 0 Å². The number of anilines is 2. The van der Waals surface area contributed by atoms with Gasteiger partial charge in [-0.05, 0) is 35.7 Å². The van der Waals surface area contributed by atoms with Gasteiger partial charge in [0.2, 0.25) is 0 Å². The SMILES string of the molecule is O=C1c2ccccc2NC(c2cccs2)N1c1ccncc1.